The molecule has 0 aliphatic rings. The van der Waals surface area contributed by atoms with E-state index in [1.54, 1.807) is 13.8 Å². The number of nitrogens with one attached hydrogen (secondary N) is 1. The number of carbonyl (C=O) groups excluding carboxylic acids is 1. The third kappa shape index (κ3) is 6.12. The number of halogens is 1. The zero-order valence-corrected chi connectivity index (χ0v) is 16.6. The number of ether oxygens (including phenoxy) is 1. The Morgan fingerprint density at radius 3 is 2.67 bits per heavy atom. The summed E-state index contributed by atoms with van der Waals surface area (Å²) in [7, 11) is -3.21. The summed E-state index contributed by atoms with van der Waals surface area (Å²) in [6.07, 6.45) is 2.23. The molecule has 13 heteroatoms. The normalized spacial score (nSPS) is 11.7. The largest absolute Gasteiger partial charge is 0.411 e. The van der Waals surface area contributed by atoms with Crippen molar-refractivity contribution in [3.8, 4) is 0 Å². The van der Waals surface area contributed by atoms with Gasteiger partial charge in [0.05, 0.1) is 19.8 Å². The average Bonchev–Trinajstić information content (AvgIpc) is 3.02. The molecule has 0 spiro atoms. The maximum absolute atomic E-state index is 12.2. The maximum atomic E-state index is 12.2. The van der Waals surface area contributed by atoms with Gasteiger partial charge in [-0.3, -0.25) is 14.7 Å². The first-order chi connectivity index (χ1) is 13.0. The number of hydrogen-bond donors (Lipinski definition) is 1. The fourth-order valence-electron chi connectivity index (χ4n) is 2.06. The molecule has 27 heavy (non-hydrogen) atoms. The molecule has 0 saturated carbocycles. The lowest BCUT2D eigenvalue weighted by Crippen LogP contribution is -2.15. The lowest BCUT2D eigenvalue weighted by molar-refractivity contribution is -0.105. The van der Waals surface area contributed by atoms with Gasteiger partial charge in [0.2, 0.25) is 18.0 Å². The second-order valence-electron chi connectivity index (χ2n) is 5.01. The molecule has 1 N–H and O–H groups in total. The molecule has 2 heterocycles. The first kappa shape index (κ1) is 21.5. The van der Waals surface area contributed by atoms with Gasteiger partial charge in [-0.1, -0.05) is 11.6 Å². The zero-order chi connectivity index (χ0) is 19.7. The summed E-state index contributed by atoms with van der Waals surface area (Å²) in [6, 6.07) is 0. The minimum absolute atomic E-state index is 0.0405. The van der Waals surface area contributed by atoms with Crippen molar-refractivity contribution in [2.45, 2.75) is 20.3 Å². The molecule has 0 radical (unpaired) electrons. The van der Waals surface area contributed by atoms with Crippen molar-refractivity contribution in [2.24, 2.45) is 0 Å². The number of nitrogens with zero attached hydrogens (tertiary/aromatic N) is 4. The third-order valence-electron chi connectivity index (χ3n) is 3.08. The van der Waals surface area contributed by atoms with Crippen LogP contribution in [0.3, 0.4) is 0 Å². The molecule has 2 aromatic rings. The van der Waals surface area contributed by atoms with Gasteiger partial charge in [0, 0.05) is 6.42 Å². The Balaban J connectivity index is 1.83. The van der Waals surface area contributed by atoms with E-state index in [0.717, 1.165) is 0 Å². The van der Waals surface area contributed by atoms with E-state index < -0.39 is 7.60 Å². The standard InChI is InChI=1S/C14H21ClN5O6P/c1-3-25-27(22,26-4-2)10-23-6-5-7-24-20-8-16-11-12(15)18-14(17-9-21)19-13(11)20/h8-9H,3-7,10H2,1-2H3,(H,17,18,19,21). The highest BCUT2D eigenvalue weighted by Crippen LogP contribution is 2.47. The number of aromatic nitrogens is 4. The molecule has 1 amide bonds. The van der Waals surface area contributed by atoms with Crippen LogP contribution in [0.5, 0.6) is 0 Å². The highest BCUT2D eigenvalue weighted by Gasteiger charge is 2.23. The van der Waals surface area contributed by atoms with Crippen LogP contribution in [0.25, 0.3) is 11.2 Å². The summed E-state index contributed by atoms with van der Waals surface area (Å²) >= 11 is 6.00. The van der Waals surface area contributed by atoms with Gasteiger partial charge in [-0.25, -0.2) is 4.98 Å². The Morgan fingerprint density at radius 2 is 2.00 bits per heavy atom. The van der Waals surface area contributed by atoms with E-state index in [0.29, 0.717) is 30.6 Å². The second-order valence-corrected chi connectivity index (χ2v) is 7.37. The van der Waals surface area contributed by atoms with E-state index in [9.17, 15) is 9.36 Å². The van der Waals surface area contributed by atoms with Crippen LogP contribution in [0, 0.1) is 0 Å². The predicted molar refractivity (Wildman–Crippen MR) is 97.8 cm³/mol. The summed E-state index contributed by atoms with van der Waals surface area (Å²) in [4.78, 5) is 28.2. The first-order valence-electron chi connectivity index (χ1n) is 8.23. The molecule has 0 saturated heterocycles. The molecule has 11 nitrogen and oxygen atoms in total. The van der Waals surface area contributed by atoms with Crippen molar-refractivity contribution >= 4 is 42.7 Å². The van der Waals surface area contributed by atoms with Crippen molar-refractivity contribution in [3.05, 3.63) is 11.5 Å². The fraction of sp³-hybridized carbons (Fsp3) is 0.571. The van der Waals surface area contributed by atoms with E-state index in [-0.39, 0.29) is 37.3 Å². The number of amides is 1. The lowest BCUT2D eigenvalue weighted by Gasteiger charge is -2.16. The minimum atomic E-state index is -3.21. The Morgan fingerprint density at radius 1 is 1.26 bits per heavy atom. The number of fused-ring (bicyclic) bond motifs is 1. The summed E-state index contributed by atoms with van der Waals surface area (Å²) in [6.45, 7) is 4.61. The number of anilines is 1. The van der Waals surface area contributed by atoms with E-state index >= 15 is 0 Å². The van der Waals surface area contributed by atoms with Crippen molar-refractivity contribution in [1.29, 1.82) is 0 Å². The molecule has 0 aliphatic heterocycles. The van der Waals surface area contributed by atoms with Crippen LogP contribution in [-0.2, 0) is 23.1 Å². The van der Waals surface area contributed by atoms with Gasteiger partial charge in [0.25, 0.3) is 0 Å². The van der Waals surface area contributed by atoms with Crippen molar-refractivity contribution < 1.29 is 28.0 Å². The van der Waals surface area contributed by atoms with Crippen molar-refractivity contribution in [2.75, 3.05) is 38.1 Å². The lowest BCUT2D eigenvalue weighted by atomic mass is 10.5. The zero-order valence-electron chi connectivity index (χ0n) is 15.0. The number of imidazole rings is 1. The molecule has 0 unspecified atom stereocenters. The molecule has 0 atom stereocenters. The van der Waals surface area contributed by atoms with Crippen LogP contribution < -0.4 is 10.2 Å². The quantitative estimate of drug-likeness (QED) is 0.224. The smallest absolute Gasteiger partial charge is 0.356 e. The number of rotatable bonds is 13. The van der Waals surface area contributed by atoms with E-state index in [1.165, 1.54) is 11.1 Å². The Bertz CT molecular complexity index is 794. The molecular weight excluding hydrogens is 401 g/mol. The van der Waals surface area contributed by atoms with Gasteiger partial charge in [0.15, 0.2) is 5.15 Å². The highest BCUT2D eigenvalue weighted by atomic mass is 35.5. The van der Waals surface area contributed by atoms with Gasteiger partial charge in [-0.05, 0) is 13.8 Å². The molecule has 0 bridgehead atoms. The molecule has 0 aliphatic carbocycles. The van der Waals surface area contributed by atoms with Crippen LogP contribution in [0.1, 0.15) is 20.3 Å². The van der Waals surface area contributed by atoms with Crippen LogP contribution in [0.15, 0.2) is 6.33 Å². The highest BCUT2D eigenvalue weighted by molar-refractivity contribution is 7.53. The van der Waals surface area contributed by atoms with Crippen LogP contribution in [-0.4, -0.2) is 58.9 Å². The van der Waals surface area contributed by atoms with Crippen LogP contribution in [0.4, 0.5) is 5.95 Å². The summed E-state index contributed by atoms with van der Waals surface area (Å²) < 4.78 is 29.2. The minimum Gasteiger partial charge on any atom is -0.411 e. The monoisotopic (exact) mass is 421 g/mol. The van der Waals surface area contributed by atoms with Gasteiger partial charge < -0.3 is 18.6 Å². The maximum Gasteiger partial charge on any atom is 0.356 e. The summed E-state index contributed by atoms with van der Waals surface area (Å²) in [5, 5.41) is 2.42. The SMILES string of the molecule is CCOP(=O)(COCCCOn1cnc2c(Cl)nc(NC=O)nc21)OCC. The number of hydrogen-bond acceptors (Lipinski definition) is 9. The van der Waals surface area contributed by atoms with E-state index in [1.807, 2.05) is 0 Å². The van der Waals surface area contributed by atoms with Crippen molar-refractivity contribution in [3.63, 3.8) is 0 Å². The van der Waals surface area contributed by atoms with Crippen LogP contribution >= 0.6 is 19.2 Å². The Kier molecular flexibility index (Phi) is 8.39. The molecular formula is C14H21ClN5O6P. The Hall–Kier alpha value is -1.78. The van der Waals surface area contributed by atoms with E-state index in [2.05, 4.69) is 20.3 Å². The fourth-order valence-corrected chi connectivity index (χ4v) is 3.64. The van der Waals surface area contributed by atoms with Gasteiger partial charge >= 0.3 is 7.60 Å². The molecule has 2 aromatic heterocycles. The molecule has 0 aromatic carbocycles. The predicted octanol–water partition coefficient (Wildman–Crippen LogP) is 2.11. The average molecular weight is 422 g/mol. The number of carbonyl (C=O) groups is 1. The van der Waals surface area contributed by atoms with Gasteiger partial charge in [0.1, 0.15) is 24.8 Å². The van der Waals surface area contributed by atoms with Gasteiger partial charge in [-0.15, -0.1) is 0 Å². The molecule has 2 rings (SSSR count). The topological polar surface area (TPSA) is 127 Å². The van der Waals surface area contributed by atoms with Crippen LogP contribution in [0.2, 0.25) is 5.15 Å². The Labute approximate surface area is 160 Å². The second kappa shape index (κ2) is 10.5. The van der Waals surface area contributed by atoms with E-state index in [4.69, 9.17) is 30.2 Å². The molecule has 0 fully saturated rings. The van der Waals surface area contributed by atoms with Crippen molar-refractivity contribution in [1.82, 2.24) is 19.7 Å². The summed E-state index contributed by atoms with van der Waals surface area (Å²) in [5.74, 6) is 0.0405. The summed E-state index contributed by atoms with van der Waals surface area (Å²) in [5.41, 5.74) is 0.663. The van der Waals surface area contributed by atoms with Gasteiger partial charge in [-0.2, -0.15) is 14.7 Å². The molecule has 150 valence electrons. The first-order valence-corrected chi connectivity index (χ1v) is 10.3. The third-order valence-corrected chi connectivity index (χ3v) is 5.14.